The third-order valence-electron chi connectivity index (χ3n) is 3.92. The van der Waals surface area contributed by atoms with Crippen molar-refractivity contribution in [2.75, 3.05) is 4.90 Å². The van der Waals surface area contributed by atoms with Gasteiger partial charge in [-0.1, -0.05) is 60.7 Å². The molecule has 0 saturated carbocycles. The van der Waals surface area contributed by atoms with Crippen LogP contribution in [0, 0.1) is 21.4 Å². The van der Waals surface area contributed by atoms with E-state index in [1.54, 1.807) is 6.07 Å². The zero-order valence-electron chi connectivity index (χ0n) is 13.9. The second-order valence-electron chi connectivity index (χ2n) is 5.73. The van der Waals surface area contributed by atoms with Gasteiger partial charge in [-0.15, -0.1) is 0 Å². The van der Waals surface area contributed by atoms with Gasteiger partial charge in [0.05, 0.1) is 4.92 Å². The van der Waals surface area contributed by atoms with E-state index in [0.717, 1.165) is 11.1 Å². The fourth-order valence-electron chi connectivity index (χ4n) is 2.67. The third-order valence-corrected chi connectivity index (χ3v) is 3.92. The summed E-state index contributed by atoms with van der Waals surface area (Å²) in [5.41, 5.74) is 1.71. The van der Waals surface area contributed by atoms with Crippen molar-refractivity contribution in [1.29, 1.82) is 5.26 Å². The Morgan fingerprint density at radius 2 is 1.46 bits per heavy atom. The monoisotopic (exact) mass is 344 g/mol. The van der Waals surface area contributed by atoms with Gasteiger partial charge < -0.3 is 4.90 Å². The van der Waals surface area contributed by atoms with E-state index in [2.05, 4.69) is 4.98 Å². The van der Waals surface area contributed by atoms with Crippen LogP contribution in [0.4, 0.5) is 11.5 Å². The van der Waals surface area contributed by atoms with Crippen molar-refractivity contribution in [2.24, 2.45) is 0 Å². The number of hydrogen-bond acceptors (Lipinski definition) is 5. The second kappa shape index (κ2) is 7.90. The van der Waals surface area contributed by atoms with Crippen LogP contribution in [0.25, 0.3) is 0 Å². The van der Waals surface area contributed by atoms with Gasteiger partial charge in [0.25, 0.3) is 0 Å². The Morgan fingerprint density at radius 3 is 1.92 bits per heavy atom. The fourth-order valence-corrected chi connectivity index (χ4v) is 2.67. The molecule has 26 heavy (non-hydrogen) atoms. The predicted octanol–water partition coefficient (Wildman–Crippen LogP) is 4.07. The molecular weight excluding hydrogens is 328 g/mol. The lowest BCUT2D eigenvalue weighted by molar-refractivity contribution is -0.385. The van der Waals surface area contributed by atoms with Gasteiger partial charge in [-0.2, -0.15) is 5.26 Å². The fraction of sp³-hybridized carbons (Fsp3) is 0.100. The molecule has 0 aliphatic carbocycles. The Labute approximate surface area is 151 Å². The van der Waals surface area contributed by atoms with Crippen molar-refractivity contribution in [3.8, 4) is 6.07 Å². The summed E-state index contributed by atoms with van der Waals surface area (Å²) < 4.78 is 0. The van der Waals surface area contributed by atoms with Gasteiger partial charge in [-0.25, -0.2) is 4.98 Å². The van der Waals surface area contributed by atoms with E-state index in [1.165, 1.54) is 6.07 Å². The molecule has 0 spiro atoms. The molecule has 0 bridgehead atoms. The summed E-state index contributed by atoms with van der Waals surface area (Å²) in [6.45, 7) is 1.15. The summed E-state index contributed by atoms with van der Waals surface area (Å²) in [4.78, 5) is 16.7. The topological polar surface area (TPSA) is 83.1 Å². The van der Waals surface area contributed by atoms with Gasteiger partial charge in [0.2, 0.25) is 5.69 Å². The lowest BCUT2D eigenvalue weighted by Gasteiger charge is -2.24. The van der Waals surface area contributed by atoms with E-state index in [-0.39, 0.29) is 11.4 Å². The first-order chi connectivity index (χ1) is 12.7. The Bertz CT molecular complexity index is 896. The van der Waals surface area contributed by atoms with E-state index in [4.69, 9.17) is 0 Å². The standard InChI is InChI=1S/C20H16N4O2/c21-13-18-19(24(25)26)11-12-20(22-18)23(14-16-7-3-1-4-8-16)15-17-9-5-2-6-10-17/h1-12H,14-15H2. The Balaban J connectivity index is 1.97. The van der Waals surface area contributed by atoms with E-state index >= 15 is 0 Å². The minimum Gasteiger partial charge on any atom is -0.348 e. The molecule has 1 heterocycles. The molecule has 0 unspecified atom stereocenters. The molecule has 6 heteroatoms. The largest absolute Gasteiger partial charge is 0.348 e. The van der Waals surface area contributed by atoms with Crippen molar-refractivity contribution in [3.05, 3.63) is 99.7 Å². The molecule has 3 aromatic rings. The number of benzene rings is 2. The molecule has 0 N–H and O–H groups in total. The lowest BCUT2D eigenvalue weighted by atomic mass is 10.1. The molecule has 0 saturated heterocycles. The van der Waals surface area contributed by atoms with Crippen molar-refractivity contribution in [3.63, 3.8) is 0 Å². The SMILES string of the molecule is N#Cc1nc(N(Cc2ccccc2)Cc2ccccc2)ccc1[N+](=O)[O-]. The quantitative estimate of drug-likeness (QED) is 0.497. The van der Waals surface area contributed by atoms with Crippen LogP contribution in [-0.4, -0.2) is 9.91 Å². The number of nitrogens with zero attached hydrogens (tertiary/aromatic N) is 4. The summed E-state index contributed by atoms with van der Waals surface area (Å²) in [5.74, 6) is 0.528. The van der Waals surface area contributed by atoms with Gasteiger partial charge in [-0.05, 0) is 17.2 Å². The summed E-state index contributed by atoms with van der Waals surface area (Å²) >= 11 is 0. The maximum atomic E-state index is 11.0. The first-order valence-corrected chi connectivity index (χ1v) is 8.05. The number of hydrogen-bond donors (Lipinski definition) is 0. The number of anilines is 1. The molecule has 0 amide bonds. The first kappa shape index (κ1) is 17.1. The molecular formula is C20H16N4O2. The molecule has 3 rings (SSSR count). The average Bonchev–Trinajstić information content (AvgIpc) is 2.68. The molecule has 128 valence electrons. The Morgan fingerprint density at radius 1 is 0.923 bits per heavy atom. The van der Waals surface area contributed by atoms with Gasteiger partial charge in [0, 0.05) is 19.2 Å². The van der Waals surface area contributed by atoms with Crippen LogP contribution in [-0.2, 0) is 13.1 Å². The van der Waals surface area contributed by atoms with Crippen LogP contribution >= 0.6 is 0 Å². The maximum absolute atomic E-state index is 11.0. The van der Waals surface area contributed by atoms with Crippen LogP contribution in [0.3, 0.4) is 0 Å². The normalized spacial score (nSPS) is 10.1. The molecule has 0 atom stereocenters. The third kappa shape index (κ3) is 4.02. The molecule has 6 nitrogen and oxygen atoms in total. The Kier molecular flexibility index (Phi) is 5.20. The molecule has 0 aliphatic rings. The molecule has 0 aliphatic heterocycles. The minimum absolute atomic E-state index is 0.182. The Hall–Kier alpha value is -3.72. The first-order valence-electron chi connectivity index (χ1n) is 8.05. The lowest BCUT2D eigenvalue weighted by Crippen LogP contribution is -2.23. The van der Waals surface area contributed by atoms with Crippen LogP contribution in [0.15, 0.2) is 72.8 Å². The number of pyridine rings is 1. The number of nitriles is 1. The van der Waals surface area contributed by atoms with Crippen molar-refractivity contribution in [1.82, 2.24) is 4.98 Å². The van der Waals surface area contributed by atoms with Crippen molar-refractivity contribution in [2.45, 2.75) is 13.1 Å². The van der Waals surface area contributed by atoms with Gasteiger partial charge in [0.15, 0.2) is 0 Å². The van der Waals surface area contributed by atoms with E-state index in [9.17, 15) is 15.4 Å². The zero-order chi connectivity index (χ0) is 18.4. The highest BCUT2D eigenvalue weighted by atomic mass is 16.6. The van der Waals surface area contributed by atoms with E-state index in [1.807, 2.05) is 71.6 Å². The van der Waals surface area contributed by atoms with Crippen LogP contribution in [0.2, 0.25) is 0 Å². The highest BCUT2D eigenvalue weighted by molar-refractivity contribution is 5.52. The zero-order valence-corrected chi connectivity index (χ0v) is 13.9. The minimum atomic E-state index is -0.589. The molecule has 1 aromatic heterocycles. The van der Waals surface area contributed by atoms with Crippen molar-refractivity contribution >= 4 is 11.5 Å². The maximum Gasteiger partial charge on any atom is 0.305 e. The second-order valence-corrected chi connectivity index (χ2v) is 5.73. The number of rotatable bonds is 6. The smallest absolute Gasteiger partial charge is 0.305 e. The van der Waals surface area contributed by atoms with Crippen LogP contribution in [0.1, 0.15) is 16.8 Å². The van der Waals surface area contributed by atoms with Crippen molar-refractivity contribution < 1.29 is 4.92 Å². The van der Waals surface area contributed by atoms with E-state index < -0.39 is 4.92 Å². The molecule has 0 radical (unpaired) electrons. The number of nitro groups is 1. The average molecular weight is 344 g/mol. The van der Waals surface area contributed by atoms with Gasteiger partial charge in [0.1, 0.15) is 11.9 Å². The van der Waals surface area contributed by atoms with E-state index in [0.29, 0.717) is 18.9 Å². The number of aromatic nitrogens is 1. The highest BCUT2D eigenvalue weighted by Gasteiger charge is 2.18. The predicted molar refractivity (Wildman–Crippen MR) is 98.4 cm³/mol. The van der Waals surface area contributed by atoms with Crippen LogP contribution < -0.4 is 4.90 Å². The summed E-state index contributed by atoms with van der Waals surface area (Å²) in [7, 11) is 0. The summed E-state index contributed by atoms with van der Waals surface area (Å²) in [6.07, 6.45) is 0. The highest BCUT2D eigenvalue weighted by Crippen LogP contribution is 2.23. The summed E-state index contributed by atoms with van der Waals surface area (Å²) in [5, 5.41) is 20.3. The van der Waals surface area contributed by atoms with Gasteiger partial charge in [-0.3, -0.25) is 10.1 Å². The van der Waals surface area contributed by atoms with Gasteiger partial charge >= 0.3 is 5.69 Å². The molecule has 2 aromatic carbocycles. The summed E-state index contributed by atoms with van der Waals surface area (Å²) in [6, 6.07) is 24.5. The van der Waals surface area contributed by atoms with Crippen LogP contribution in [0.5, 0.6) is 0 Å². The molecule has 0 fully saturated rings.